The number of hydrogen-bond donors (Lipinski definition) is 1. The Labute approximate surface area is 187 Å². The van der Waals surface area contributed by atoms with Crippen molar-refractivity contribution in [2.45, 2.75) is 32.3 Å². The number of piperidine rings is 1. The molecule has 1 N–H and O–H groups in total. The van der Waals surface area contributed by atoms with Gasteiger partial charge in [0.2, 0.25) is 0 Å². The van der Waals surface area contributed by atoms with E-state index >= 15 is 0 Å². The molecule has 2 aliphatic heterocycles. The smallest absolute Gasteiger partial charge is 0.193 e. The summed E-state index contributed by atoms with van der Waals surface area (Å²) in [7, 11) is -1.10. The summed E-state index contributed by atoms with van der Waals surface area (Å²) in [5.41, 5.74) is 0. The SMILES string of the molecule is CCNC(=NCCN1CCS(=O)(=O)CC1)N1CCC(OCCCOC)CC1.I. The summed E-state index contributed by atoms with van der Waals surface area (Å²) in [6.07, 6.45) is 3.30. The van der Waals surface area contributed by atoms with E-state index in [1.807, 2.05) is 0 Å². The molecular weight excluding hydrogens is 495 g/mol. The van der Waals surface area contributed by atoms with Gasteiger partial charge in [-0.2, -0.15) is 0 Å². The highest BCUT2D eigenvalue weighted by Gasteiger charge is 2.23. The lowest BCUT2D eigenvalue weighted by Gasteiger charge is -2.34. The molecule has 2 rings (SSSR count). The first-order valence-corrected chi connectivity index (χ1v) is 11.9. The van der Waals surface area contributed by atoms with Crippen molar-refractivity contribution < 1.29 is 17.9 Å². The molecule has 10 heteroatoms. The average Bonchev–Trinajstić information content (AvgIpc) is 2.66. The normalized spacial score (nSPS) is 21.4. The summed E-state index contributed by atoms with van der Waals surface area (Å²) in [5.74, 6) is 1.50. The fraction of sp³-hybridized carbons (Fsp3) is 0.944. The van der Waals surface area contributed by atoms with Gasteiger partial charge in [0.05, 0.1) is 24.2 Å². The lowest BCUT2D eigenvalue weighted by Crippen LogP contribution is -2.47. The first kappa shape index (κ1) is 25.9. The van der Waals surface area contributed by atoms with Gasteiger partial charge in [-0.15, -0.1) is 24.0 Å². The topological polar surface area (TPSA) is 83.5 Å². The van der Waals surface area contributed by atoms with Gasteiger partial charge >= 0.3 is 0 Å². The lowest BCUT2D eigenvalue weighted by molar-refractivity contribution is 0.00990. The molecular formula is C18H37IN4O4S. The summed E-state index contributed by atoms with van der Waals surface area (Å²) in [6.45, 7) is 9.08. The maximum Gasteiger partial charge on any atom is 0.193 e. The summed E-state index contributed by atoms with van der Waals surface area (Å²) in [6, 6.07) is 0. The quantitative estimate of drug-likeness (QED) is 0.204. The average molecular weight is 532 g/mol. The largest absolute Gasteiger partial charge is 0.385 e. The molecule has 0 aromatic carbocycles. The molecule has 2 fully saturated rings. The van der Waals surface area contributed by atoms with E-state index in [0.29, 0.717) is 25.7 Å². The van der Waals surface area contributed by atoms with Gasteiger partial charge in [0.1, 0.15) is 0 Å². The third-order valence-corrected chi connectivity index (χ3v) is 6.65. The maximum atomic E-state index is 11.5. The highest BCUT2D eigenvalue weighted by atomic mass is 127. The predicted octanol–water partition coefficient (Wildman–Crippen LogP) is 0.818. The first-order chi connectivity index (χ1) is 13.0. The van der Waals surface area contributed by atoms with E-state index in [1.165, 1.54) is 0 Å². The highest BCUT2D eigenvalue weighted by molar-refractivity contribution is 14.0. The standard InChI is InChI=1S/C18H36N4O4S.HI/c1-3-19-18(20-7-10-21-11-15-27(23,24)16-12-21)22-8-5-17(6-9-22)26-14-4-13-25-2;/h17H,3-16H2,1-2H3,(H,19,20);1H. The molecule has 0 amide bonds. The van der Waals surface area contributed by atoms with Gasteiger partial charge in [0.25, 0.3) is 0 Å². The van der Waals surface area contributed by atoms with Crippen molar-refractivity contribution in [3.05, 3.63) is 0 Å². The highest BCUT2D eigenvalue weighted by Crippen LogP contribution is 2.14. The Balaban J connectivity index is 0.00000392. The molecule has 0 bridgehead atoms. The number of hydrogen-bond acceptors (Lipinski definition) is 6. The Kier molecular flexibility index (Phi) is 12.9. The Bertz CT molecular complexity index is 540. The summed E-state index contributed by atoms with van der Waals surface area (Å²) in [4.78, 5) is 9.26. The van der Waals surface area contributed by atoms with Gasteiger partial charge < -0.3 is 19.7 Å². The number of ether oxygens (including phenoxy) is 2. The molecule has 0 spiro atoms. The number of halogens is 1. The van der Waals surface area contributed by atoms with E-state index in [-0.39, 0.29) is 35.5 Å². The molecule has 0 radical (unpaired) electrons. The summed E-state index contributed by atoms with van der Waals surface area (Å²) >= 11 is 0. The molecule has 0 aromatic heterocycles. The van der Waals surface area contributed by atoms with Crippen molar-refractivity contribution >= 4 is 39.8 Å². The molecule has 0 saturated carbocycles. The molecule has 28 heavy (non-hydrogen) atoms. The van der Waals surface area contributed by atoms with Crippen molar-refractivity contribution in [1.29, 1.82) is 0 Å². The fourth-order valence-corrected chi connectivity index (χ4v) is 4.66. The zero-order chi connectivity index (χ0) is 19.5. The molecule has 0 aromatic rings. The van der Waals surface area contributed by atoms with E-state index < -0.39 is 9.84 Å². The van der Waals surface area contributed by atoms with Crippen LogP contribution >= 0.6 is 24.0 Å². The number of likely N-dealkylation sites (tertiary alicyclic amines) is 1. The molecule has 8 nitrogen and oxygen atoms in total. The van der Waals surface area contributed by atoms with E-state index in [0.717, 1.165) is 64.6 Å². The summed E-state index contributed by atoms with van der Waals surface area (Å²) in [5, 5.41) is 3.38. The molecule has 2 saturated heterocycles. The number of methoxy groups -OCH3 is 1. The Hall–Kier alpha value is -0.170. The zero-order valence-corrected chi connectivity index (χ0v) is 20.4. The number of nitrogens with one attached hydrogen (secondary N) is 1. The monoisotopic (exact) mass is 532 g/mol. The van der Waals surface area contributed by atoms with Crippen molar-refractivity contribution in [3.63, 3.8) is 0 Å². The van der Waals surface area contributed by atoms with Gasteiger partial charge in [-0.25, -0.2) is 8.42 Å². The van der Waals surface area contributed by atoms with Crippen LogP contribution in [0.5, 0.6) is 0 Å². The third kappa shape index (κ3) is 9.55. The van der Waals surface area contributed by atoms with Crippen LogP contribution in [0.1, 0.15) is 26.2 Å². The Morgan fingerprint density at radius 1 is 1.14 bits per heavy atom. The third-order valence-electron chi connectivity index (χ3n) is 5.04. The maximum absolute atomic E-state index is 11.5. The lowest BCUT2D eigenvalue weighted by atomic mass is 10.1. The van der Waals surface area contributed by atoms with E-state index in [2.05, 4.69) is 22.0 Å². The van der Waals surface area contributed by atoms with E-state index in [4.69, 9.17) is 14.5 Å². The molecule has 2 aliphatic rings. The second-order valence-electron chi connectivity index (χ2n) is 7.13. The molecule has 0 aliphatic carbocycles. The minimum Gasteiger partial charge on any atom is -0.385 e. The van der Waals surface area contributed by atoms with Crippen LogP contribution in [0.3, 0.4) is 0 Å². The Morgan fingerprint density at radius 2 is 1.82 bits per heavy atom. The number of rotatable bonds is 9. The minimum absolute atomic E-state index is 0. The van der Waals surface area contributed by atoms with Crippen LogP contribution in [-0.2, 0) is 19.3 Å². The zero-order valence-electron chi connectivity index (χ0n) is 17.3. The first-order valence-electron chi connectivity index (χ1n) is 10.1. The van der Waals surface area contributed by atoms with Crippen LogP contribution in [0.2, 0.25) is 0 Å². The molecule has 0 unspecified atom stereocenters. The number of nitrogens with zero attached hydrogens (tertiary/aromatic N) is 3. The van der Waals surface area contributed by atoms with Gasteiger partial charge in [-0.3, -0.25) is 9.89 Å². The van der Waals surface area contributed by atoms with Crippen LogP contribution < -0.4 is 5.32 Å². The molecule has 166 valence electrons. The summed E-state index contributed by atoms with van der Waals surface area (Å²) < 4.78 is 34.0. The Morgan fingerprint density at radius 3 is 2.43 bits per heavy atom. The van der Waals surface area contributed by atoms with Crippen molar-refractivity contribution in [2.75, 3.05) is 77.6 Å². The fourth-order valence-electron chi connectivity index (χ4n) is 3.38. The van der Waals surface area contributed by atoms with Crippen LogP contribution in [0.15, 0.2) is 4.99 Å². The van der Waals surface area contributed by atoms with Crippen LogP contribution in [0.4, 0.5) is 0 Å². The predicted molar refractivity (Wildman–Crippen MR) is 124 cm³/mol. The second kappa shape index (κ2) is 13.9. The van der Waals surface area contributed by atoms with Crippen molar-refractivity contribution in [1.82, 2.24) is 15.1 Å². The molecule has 2 heterocycles. The van der Waals surface area contributed by atoms with Crippen molar-refractivity contribution in [2.24, 2.45) is 4.99 Å². The van der Waals surface area contributed by atoms with Crippen LogP contribution in [-0.4, -0.2) is 108 Å². The number of guanidine groups is 1. The van der Waals surface area contributed by atoms with Crippen LogP contribution in [0.25, 0.3) is 0 Å². The van der Waals surface area contributed by atoms with Gasteiger partial charge in [-0.05, 0) is 26.2 Å². The van der Waals surface area contributed by atoms with Gasteiger partial charge in [-0.1, -0.05) is 0 Å². The number of sulfone groups is 1. The van der Waals surface area contributed by atoms with Gasteiger partial charge in [0, 0.05) is 59.6 Å². The van der Waals surface area contributed by atoms with Crippen molar-refractivity contribution in [3.8, 4) is 0 Å². The number of aliphatic imine (C=N–C) groups is 1. The van der Waals surface area contributed by atoms with Crippen LogP contribution in [0, 0.1) is 0 Å². The second-order valence-corrected chi connectivity index (χ2v) is 9.44. The molecule has 0 atom stereocenters. The van der Waals surface area contributed by atoms with E-state index in [1.54, 1.807) is 7.11 Å². The minimum atomic E-state index is -2.82. The van der Waals surface area contributed by atoms with Gasteiger partial charge in [0.15, 0.2) is 15.8 Å². The van der Waals surface area contributed by atoms with E-state index in [9.17, 15) is 8.42 Å².